The van der Waals surface area contributed by atoms with Gasteiger partial charge in [-0.15, -0.1) is 0 Å². The summed E-state index contributed by atoms with van der Waals surface area (Å²) >= 11 is 0. The molecule has 0 spiro atoms. The molecule has 6 heteroatoms. The minimum atomic E-state index is -1.66. The molecule has 4 aliphatic carbocycles. The summed E-state index contributed by atoms with van der Waals surface area (Å²) in [7, 11) is 0. The maximum absolute atomic E-state index is 13.4. The summed E-state index contributed by atoms with van der Waals surface area (Å²) in [6.45, 7) is 8.64. The second-order valence-electron chi connectivity index (χ2n) is 9.64. The molecule has 1 N–H and O–H groups in total. The Kier molecular flexibility index (Phi) is 6.18. The van der Waals surface area contributed by atoms with Crippen molar-refractivity contribution in [3.8, 4) is 0 Å². The van der Waals surface area contributed by atoms with Crippen LogP contribution in [0.3, 0.4) is 0 Å². The van der Waals surface area contributed by atoms with E-state index in [4.69, 9.17) is 4.74 Å². The first-order valence-electron chi connectivity index (χ1n) is 11.4. The number of rotatable bonds is 3. The van der Waals surface area contributed by atoms with Crippen molar-refractivity contribution < 1.29 is 29.0 Å². The van der Waals surface area contributed by atoms with E-state index in [0.717, 1.165) is 18.4 Å². The number of carbonyl (C=O) groups excluding carboxylic acids is 4. The van der Waals surface area contributed by atoms with Crippen LogP contribution in [0, 0.1) is 28.6 Å². The van der Waals surface area contributed by atoms with E-state index < -0.39 is 34.8 Å². The Bertz CT molecular complexity index is 869. The van der Waals surface area contributed by atoms with Crippen molar-refractivity contribution in [2.75, 3.05) is 6.61 Å². The molecule has 3 saturated carbocycles. The highest BCUT2D eigenvalue weighted by Crippen LogP contribution is 2.66. The number of allylic oxidation sites excluding steroid dienone is 4. The number of aliphatic hydroxyl groups is 1. The van der Waals surface area contributed by atoms with E-state index in [1.54, 1.807) is 12.2 Å². The zero-order chi connectivity index (χ0) is 23.2. The molecule has 0 heterocycles. The SMILES string of the molecule is CC.CC(=O)OCC(=O)[C@@]1(O)CC[C@H]2[C@@H]3CCC4=CC(=O)C=C[C@]4(C)[C@H]3C(=O)C[C@@]21C. The van der Waals surface area contributed by atoms with Crippen LogP contribution in [-0.4, -0.2) is 40.6 Å². The largest absolute Gasteiger partial charge is 0.458 e. The number of hydrogen-bond donors (Lipinski definition) is 1. The van der Waals surface area contributed by atoms with Gasteiger partial charge in [0.2, 0.25) is 5.78 Å². The van der Waals surface area contributed by atoms with Gasteiger partial charge in [0.1, 0.15) is 11.4 Å². The molecule has 0 aromatic heterocycles. The van der Waals surface area contributed by atoms with E-state index in [1.807, 2.05) is 33.8 Å². The first-order valence-corrected chi connectivity index (χ1v) is 11.4. The predicted octanol–water partition coefficient (Wildman–Crippen LogP) is 3.36. The molecular formula is C25H34O6. The summed E-state index contributed by atoms with van der Waals surface area (Å²) in [6, 6.07) is 0. The summed E-state index contributed by atoms with van der Waals surface area (Å²) in [6.07, 6.45) is 7.68. The van der Waals surface area contributed by atoms with Crippen LogP contribution in [0.5, 0.6) is 0 Å². The van der Waals surface area contributed by atoms with Crippen LogP contribution in [0.2, 0.25) is 0 Å². The smallest absolute Gasteiger partial charge is 0.303 e. The van der Waals surface area contributed by atoms with Gasteiger partial charge in [-0.1, -0.05) is 39.3 Å². The average molecular weight is 431 g/mol. The third-order valence-electron chi connectivity index (χ3n) is 8.28. The molecule has 6 nitrogen and oxygen atoms in total. The van der Waals surface area contributed by atoms with Crippen LogP contribution in [0.4, 0.5) is 0 Å². The van der Waals surface area contributed by atoms with Crippen molar-refractivity contribution in [2.45, 2.75) is 72.3 Å². The lowest BCUT2D eigenvalue weighted by molar-refractivity contribution is -0.172. The third-order valence-corrected chi connectivity index (χ3v) is 8.28. The summed E-state index contributed by atoms with van der Waals surface area (Å²) in [5, 5.41) is 11.4. The highest BCUT2D eigenvalue weighted by Gasteiger charge is 2.68. The first-order chi connectivity index (χ1) is 14.5. The van der Waals surface area contributed by atoms with Crippen molar-refractivity contribution in [3.05, 3.63) is 23.8 Å². The molecule has 0 radical (unpaired) electrons. The van der Waals surface area contributed by atoms with Crippen molar-refractivity contribution in [1.82, 2.24) is 0 Å². The molecule has 0 saturated heterocycles. The molecule has 0 bridgehead atoms. The standard InChI is InChI=1S/C23H28O6.C2H6/c1-13(24)29-12-19(27)23(28)9-7-17-16-5-4-14-10-15(25)6-8-21(14,2)20(16)18(26)11-22(17,23)3;1-2/h6,8,10,16-17,20,28H,4-5,7,9,11-12H2,1-3H3;1-2H3/t16-,17-,20+,21-,22-,23-;/m0./s1. The van der Waals surface area contributed by atoms with Crippen molar-refractivity contribution in [2.24, 2.45) is 28.6 Å². The fourth-order valence-electron chi connectivity index (χ4n) is 6.78. The molecule has 0 aromatic rings. The minimum absolute atomic E-state index is 0.0286. The minimum Gasteiger partial charge on any atom is -0.458 e. The van der Waals surface area contributed by atoms with Gasteiger partial charge < -0.3 is 9.84 Å². The lowest BCUT2D eigenvalue weighted by Crippen LogP contribution is -2.60. The van der Waals surface area contributed by atoms with Gasteiger partial charge in [0.05, 0.1) is 0 Å². The molecule has 31 heavy (non-hydrogen) atoms. The Labute approximate surface area is 184 Å². The zero-order valence-corrected chi connectivity index (χ0v) is 19.2. The highest BCUT2D eigenvalue weighted by molar-refractivity contribution is 6.02. The zero-order valence-electron chi connectivity index (χ0n) is 19.2. The maximum Gasteiger partial charge on any atom is 0.303 e. The number of ether oxygens (including phenoxy) is 1. The fourth-order valence-corrected chi connectivity index (χ4v) is 6.78. The molecule has 4 rings (SSSR count). The normalized spacial score (nSPS) is 40.6. The molecule has 0 aliphatic heterocycles. The first kappa shape index (κ1) is 23.6. The van der Waals surface area contributed by atoms with Gasteiger partial charge >= 0.3 is 5.97 Å². The van der Waals surface area contributed by atoms with E-state index in [2.05, 4.69) is 0 Å². The van der Waals surface area contributed by atoms with Gasteiger partial charge in [0.25, 0.3) is 0 Å². The van der Waals surface area contributed by atoms with E-state index in [1.165, 1.54) is 6.92 Å². The number of esters is 1. The maximum atomic E-state index is 13.4. The van der Waals surface area contributed by atoms with Gasteiger partial charge in [-0.3, -0.25) is 19.2 Å². The second kappa shape index (κ2) is 8.12. The Morgan fingerprint density at radius 1 is 1.19 bits per heavy atom. The second-order valence-corrected chi connectivity index (χ2v) is 9.64. The van der Waals surface area contributed by atoms with Gasteiger partial charge in [0, 0.05) is 30.1 Å². The van der Waals surface area contributed by atoms with Crippen molar-refractivity contribution in [1.29, 1.82) is 0 Å². The van der Waals surface area contributed by atoms with Crippen LogP contribution in [0.15, 0.2) is 23.8 Å². The molecule has 3 fully saturated rings. The molecule has 0 unspecified atom stereocenters. The molecule has 6 atom stereocenters. The number of Topliss-reactive ketones (excluding diaryl/α,β-unsaturated/α-hetero) is 2. The fraction of sp³-hybridized carbons (Fsp3) is 0.680. The van der Waals surface area contributed by atoms with Crippen LogP contribution in [-0.2, 0) is 23.9 Å². The summed E-state index contributed by atoms with van der Waals surface area (Å²) in [5.74, 6) is -1.24. The molecular weight excluding hydrogens is 396 g/mol. The Morgan fingerprint density at radius 3 is 2.52 bits per heavy atom. The molecule has 170 valence electrons. The van der Waals surface area contributed by atoms with E-state index in [9.17, 15) is 24.3 Å². The summed E-state index contributed by atoms with van der Waals surface area (Å²) in [5.41, 5.74) is -1.99. The Hall–Kier alpha value is -2.08. The van der Waals surface area contributed by atoms with E-state index in [0.29, 0.717) is 6.42 Å². The van der Waals surface area contributed by atoms with Gasteiger partial charge in [-0.2, -0.15) is 0 Å². The quantitative estimate of drug-likeness (QED) is 0.690. The van der Waals surface area contributed by atoms with E-state index >= 15 is 0 Å². The van der Waals surface area contributed by atoms with Crippen molar-refractivity contribution >= 4 is 23.3 Å². The van der Waals surface area contributed by atoms with Gasteiger partial charge in [-0.05, 0) is 49.7 Å². The molecule has 0 aromatic carbocycles. The number of carbonyl (C=O) groups is 4. The average Bonchev–Trinajstić information content (AvgIpc) is 2.99. The van der Waals surface area contributed by atoms with Crippen molar-refractivity contribution in [3.63, 3.8) is 0 Å². The van der Waals surface area contributed by atoms with Crippen LogP contribution < -0.4 is 0 Å². The predicted molar refractivity (Wildman–Crippen MR) is 115 cm³/mol. The topological polar surface area (TPSA) is 97.7 Å². The monoisotopic (exact) mass is 430 g/mol. The van der Waals surface area contributed by atoms with Crippen LogP contribution in [0.1, 0.15) is 66.7 Å². The van der Waals surface area contributed by atoms with E-state index in [-0.39, 0.29) is 42.2 Å². The van der Waals surface area contributed by atoms with Crippen LogP contribution >= 0.6 is 0 Å². The number of hydrogen-bond acceptors (Lipinski definition) is 6. The molecule has 0 amide bonds. The third kappa shape index (κ3) is 3.43. The lowest BCUT2D eigenvalue weighted by Gasteiger charge is -2.56. The Morgan fingerprint density at radius 2 is 1.87 bits per heavy atom. The number of ketones is 3. The van der Waals surface area contributed by atoms with Crippen LogP contribution in [0.25, 0.3) is 0 Å². The van der Waals surface area contributed by atoms with Gasteiger partial charge in [0.15, 0.2) is 12.4 Å². The lowest BCUT2D eigenvalue weighted by atomic mass is 9.46. The highest BCUT2D eigenvalue weighted by atomic mass is 16.5. The molecule has 4 aliphatic rings. The van der Waals surface area contributed by atoms with Gasteiger partial charge in [-0.25, -0.2) is 0 Å². The number of fused-ring (bicyclic) bond motifs is 5. The summed E-state index contributed by atoms with van der Waals surface area (Å²) in [4.78, 5) is 49.2. The summed E-state index contributed by atoms with van der Waals surface area (Å²) < 4.78 is 4.85. The Balaban J connectivity index is 0.00000132.